The molecule has 1 amide bonds. The molecule has 18 heavy (non-hydrogen) atoms. The summed E-state index contributed by atoms with van der Waals surface area (Å²) in [5.74, 6) is 0.341. The second-order valence-electron chi connectivity index (χ2n) is 5.31. The molecule has 1 aliphatic carbocycles. The Hall–Kier alpha value is -1.42. The zero-order valence-corrected chi connectivity index (χ0v) is 10.7. The van der Waals surface area contributed by atoms with Gasteiger partial charge in [0.25, 0.3) is 5.91 Å². The lowest BCUT2D eigenvalue weighted by molar-refractivity contribution is 0.0693. The van der Waals surface area contributed by atoms with Crippen LogP contribution < -0.4 is 5.32 Å². The van der Waals surface area contributed by atoms with E-state index in [0.29, 0.717) is 11.6 Å². The molecule has 1 aromatic rings. The van der Waals surface area contributed by atoms with Gasteiger partial charge in [-0.25, -0.2) is 0 Å². The predicted octanol–water partition coefficient (Wildman–Crippen LogP) is 1.75. The Morgan fingerprint density at radius 3 is 3.06 bits per heavy atom. The number of hydrogen-bond acceptors (Lipinski definition) is 3. The summed E-state index contributed by atoms with van der Waals surface area (Å²) in [6.07, 6.45) is 5.49. The van der Waals surface area contributed by atoms with Gasteiger partial charge in [0.2, 0.25) is 0 Å². The third-order valence-corrected chi connectivity index (χ3v) is 3.67. The monoisotopic (exact) mass is 248 g/mol. The van der Waals surface area contributed by atoms with Gasteiger partial charge in [0.05, 0.1) is 12.1 Å². The Morgan fingerprint density at radius 1 is 1.61 bits per heavy atom. The average molecular weight is 248 g/mol. The second kappa shape index (κ2) is 5.48. The highest BCUT2D eigenvalue weighted by molar-refractivity contribution is 5.92. The Balaban J connectivity index is 2.08. The van der Waals surface area contributed by atoms with Crippen LogP contribution in [0.15, 0.2) is 24.4 Å². The zero-order valence-electron chi connectivity index (χ0n) is 10.7. The lowest BCUT2D eigenvalue weighted by Gasteiger charge is -2.39. The normalized spacial score (nSPS) is 27.8. The topological polar surface area (TPSA) is 62.2 Å². The molecule has 0 aromatic carbocycles. The quantitative estimate of drug-likeness (QED) is 0.856. The van der Waals surface area contributed by atoms with Crippen molar-refractivity contribution in [1.29, 1.82) is 0 Å². The van der Waals surface area contributed by atoms with Crippen LogP contribution in [-0.2, 0) is 0 Å². The van der Waals surface area contributed by atoms with E-state index in [2.05, 4.69) is 17.2 Å². The van der Waals surface area contributed by atoms with E-state index in [0.717, 1.165) is 19.3 Å². The zero-order chi connectivity index (χ0) is 13.0. The molecule has 4 nitrogen and oxygen atoms in total. The summed E-state index contributed by atoms with van der Waals surface area (Å²) >= 11 is 0. The standard InChI is InChI=1S/C14H20N2O2/c1-11-5-4-7-14(9-11,10-17)16-13(18)12-6-2-3-8-15-12/h2-3,6,8,11,17H,4-5,7,9-10H2,1H3,(H,16,18). The Morgan fingerprint density at radius 2 is 2.44 bits per heavy atom. The van der Waals surface area contributed by atoms with Gasteiger partial charge >= 0.3 is 0 Å². The van der Waals surface area contributed by atoms with Crippen molar-refractivity contribution in [3.63, 3.8) is 0 Å². The van der Waals surface area contributed by atoms with Crippen molar-refractivity contribution in [2.24, 2.45) is 5.92 Å². The molecule has 0 aliphatic heterocycles. The van der Waals surface area contributed by atoms with Gasteiger partial charge in [-0.3, -0.25) is 9.78 Å². The van der Waals surface area contributed by atoms with E-state index >= 15 is 0 Å². The summed E-state index contributed by atoms with van der Waals surface area (Å²) in [5.41, 5.74) is -0.0599. The van der Waals surface area contributed by atoms with E-state index in [4.69, 9.17) is 0 Å². The molecule has 1 aromatic heterocycles. The molecule has 2 unspecified atom stereocenters. The molecule has 2 atom stereocenters. The van der Waals surface area contributed by atoms with Crippen molar-refractivity contribution in [2.75, 3.05) is 6.61 Å². The molecule has 2 N–H and O–H groups in total. The van der Waals surface area contributed by atoms with Crippen molar-refractivity contribution in [3.8, 4) is 0 Å². The number of aromatic nitrogens is 1. The summed E-state index contributed by atoms with van der Waals surface area (Å²) in [4.78, 5) is 16.1. The van der Waals surface area contributed by atoms with Gasteiger partial charge in [0.15, 0.2) is 0 Å². The minimum Gasteiger partial charge on any atom is -0.394 e. The number of hydrogen-bond donors (Lipinski definition) is 2. The fourth-order valence-electron chi connectivity index (χ4n) is 2.76. The van der Waals surface area contributed by atoms with E-state index in [1.54, 1.807) is 24.4 Å². The van der Waals surface area contributed by atoms with Crippen molar-refractivity contribution < 1.29 is 9.90 Å². The van der Waals surface area contributed by atoms with Crippen molar-refractivity contribution >= 4 is 5.91 Å². The molecule has 0 saturated heterocycles. The van der Waals surface area contributed by atoms with Crippen LogP contribution in [0.25, 0.3) is 0 Å². The average Bonchev–Trinajstić information content (AvgIpc) is 2.39. The third-order valence-electron chi connectivity index (χ3n) is 3.67. The molecule has 0 bridgehead atoms. The highest BCUT2D eigenvalue weighted by Crippen LogP contribution is 2.32. The summed E-state index contributed by atoms with van der Waals surface area (Å²) in [5, 5.41) is 12.6. The van der Waals surface area contributed by atoms with Gasteiger partial charge in [0.1, 0.15) is 5.69 Å². The van der Waals surface area contributed by atoms with Gasteiger partial charge in [-0.05, 0) is 30.9 Å². The predicted molar refractivity (Wildman–Crippen MR) is 69.2 cm³/mol. The minimum atomic E-state index is -0.466. The fourth-order valence-corrected chi connectivity index (χ4v) is 2.76. The van der Waals surface area contributed by atoms with E-state index in [-0.39, 0.29) is 12.5 Å². The summed E-state index contributed by atoms with van der Waals surface area (Å²) in [6.45, 7) is 2.16. The van der Waals surface area contributed by atoms with Crippen LogP contribution in [0, 0.1) is 5.92 Å². The van der Waals surface area contributed by atoms with Crippen LogP contribution in [0.1, 0.15) is 43.1 Å². The largest absolute Gasteiger partial charge is 0.394 e. The first-order valence-corrected chi connectivity index (χ1v) is 6.50. The molecule has 0 radical (unpaired) electrons. The van der Waals surface area contributed by atoms with Crippen LogP contribution in [0.4, 0.5) is 0 Å². The molecular formula is C14H20N2O2. The molecule has 98 valence electrons. The van der Waals surface area contributed by atoms with Crippen LogP contribution in [0.3, 0.4) is 0 Å². The van der Waals surface area contributed by atoms with Crippen molar-refractivity contribution in [2.45, 2.75) is 38.1 Å². The summed E-state index contributed by atoms with van der Waals surface area (Å²) in [6, 6.07) is 5.25. The van der Waals surface area contributed by atoms with E-state index in [1.807, 2.05) is 0 Å². The number of nitrogens with zero attached hydrogens (tertiary/aromatic N) is 1. The lowest BCUT2D eigenvalue weighted by Crippen LogP contribution is -2.54. The minimum absolute atomic E-state index is 0.00405. The Bertz CT molecular complexity index is 408. The van der Waals surface area contributed by atoms with Crippen LogP contribution in [0.2, 0.25) is 0 Å². The maximum Gasteiger partial charge on any atom is 0.270 e. The number of carbonyl (C=O) groups excluding carboxylic acids is 1. The Kier molecular flexibility index (Phi) is 3.97. The van der Waals surface area contributed by atoms with E-state index < -0.39 is 5.54 Å². The first-order valence-electron chi connectivity index (χ1n) is 6.50. The van der Waals surface area contributed by atoms with Gasteiger partial charge in [0, 0.05) is 6.20 Å². The number of amides is 1. The van der Waals surface area contributed by atoms with Gasteiger partial charge in [-0.15, -0.1) is 0 Å². The first-order chi connectivity index (χ1) is 8.65. The number of carbonyl (C=O) groups is 1. The fraction of sp³-hybridized carbons (Fsp3) is 0.571. The van der Waals surface area contributed by atoms with E-state index in [9.17, 15) is 9.90 Å². The van der Waals surface area contributed by atoms with Gasteiger partial charge in [-0.1, -0.05) is 25.8 Å². The summed E-state index contributed by atoms with van der Waals surface area (Å²) in [7, 11) is 0. The highest BCUT2D eigenvalue weighted by atomic mass is 16.3. The molecule has 1 saturated carbocycles. The lowest BCUT2D eigenvalue weighted by atomic mass is 9.77. The van der Waals surface area contributed by atoms with Crippen molar-refractivity contribution in [1.82, 2.24) is 10.3 Å². The second-order valence-corrected chi connectivity index (χ2v) is 5.31. The van der Waals surface area contributed by atoms with Crippen molar-refractivity contribution in [3.05, 3.63) is 30.1 Å². The SMILES string of the molecule is CC1CCCC(CO)(NC(=O)c2ccccn2)C1. The number of aliphatic hydroxyl groups is 1. The van der Waals surface area contributed by atoms with Gasteiger partial charge in [-0.2, -0.15) is 0 Å². The molecule has 1 heterocycles. The molecule has 1 fully saturated rings. The van der Waals surface area contributed by atoms with Crippen LogP contribution in [-0.4, -0.2) is 28.1 Å². The number of pyridine rings is 1. The highest BCUT2D eigenvalue weighted by Gasteiger charge is 2.36. The van der Waals surface area contributed by atoms with E-state index in [1.165, 1.54) is 6.42 Å². The molecule has 4 heteroatoms. The molecule has 2 rings (SSSR count). The maximum absolute atomic E-state index is 12.1. The van der Waals surface area contributed by atoms with Gasteiger partial charge < -0.3 is 10.4 Å². The molecule has 0 spiro atoms. The molecular weight excluding hydrogens is 228 g/mol. The smallest absolute Gasteiger partial charge is 0.270 e. The number of nitrogens with one attached hydrogen (secondary N) is 1. The number of aliphatic hydroxyl groups excluding tert-OH is 1. The first kappa shape index (κ1) is 13.0. The number of rotatable bonds is 3. The maximum atomic E-state index is 12.1. The van der Waals surface area contributed by atoms with Crippen LogP contribution in [0.5, 0.6) is 0 Å². The third kappa shape index (κ3) is 2.88. The van der Waals surface area contributed by atoms with Crippen LogP contribution >= 0.6 is 0 Å². The summed E-state index contributed by atoms with van der Waals surface area (Å²) < 4.78 is 0. The molecule has 1 aliphatic rings. The Labute approximate surface area is 107 Å².